The summed E-state index contributed by atoms with van der Waals surface area (Å²) in [6.45, 7) is 11.0. The molecule has 4 aromatic carbocycles. The lowest BCUT2D eigenvalue weighted by molar-refractivity contribution is -0.125. The Balaban J connectivity index is 0.952. The molecule has 1 aliphatic carbocycles. The zero-order valence-corrected chi connectivity index (χ0v) is 27.1. The van der Waals surface area contributed by atoms with E-state index in [9.17, 15) is 9.59 Å². The summed E-state index contributed by atoms with van der Waals surface area (Å²) in [6.07, 6.45) is 2.83. The van der Waals surface area contributed by atoms with Gasteiger partial charge in [-0.2, -0.15) is 0 Å². The number of unbranched alkanes of at least 4 members (excludes halogenated alkanes) is 1. The van der Waals surface area contributed by atoms with Crippen LogP contribution in [0.5, 0.6) is 0 Å². The van der Waals surface area contributed by atoms with Gasteiger partial charge < -0.3 is 15.1 Å². The standard InChI is InChI=1S/C40H44N4O2/c1-3-41-39(46)40(36-15-6-4-13-33(36)34-14-5-7-16-37(34)40)19-8-9-20-42-21-23-43(24-22-42)32-18-17-31-28-44(38(45)35(31)26-32)27-30-12-10-11-29(2)25-30/h4-7,10-18,25-26H,3,8-9,19-24,27-28H2,1-2H3,(H,41,46). The van der Waals surface area contributed by atoms with Crippen LogP contribution in [0.25, 0.3) is 11.1 Å². The third-order valence-corrected chi connectivity index (χ3v) is 10.2. The van der Waals surface area contributed by atoms with Crippen molar-refractivity contribution in [1.29, 1.82) is 0 Å². The van der Waals surface area contributed by atoms with E-state index in [4.69, 9.17) is 0 Å². The second-order valence-electron chi connectivity index (χ2n) is 13.1. The number of amides is 2. The van der Waals surface area contributed by atoms with Crippen LogP contribution in [0.1, 0.15) is 64.4 Å². The SMILES string of the molecule is CCNC(=O)C1(CCCCN2CCN(c3ccc4c(c3)C(=O)N(Cc3cccc(C)c3)C4)CC2)c2ccccc2-c2ccccc21. The fraction of sp³-hybridized carbons (Fsp3) is 0.350. The van der Waals surface area contributed by atoms with Gasteiger partial charge in [-0.05, 0) is 78.7 Å². The van der Waals surface area contributed by atoms with Gasteiger partial charge in [-0.15, -0.1) is 0 Å². The molecule has 0 saturated carbocycles. The van der Waals surface area contributed by atoms with Crippen molar-refractivity contribution in [3.05, 3.63) is 124 Å². The lowest BCUT2D eigenvalue weighted by atomic mass is 9.73. The van der Waals surface area contributed by atoms with E-state index in [1.165, 1.54) is 22.3 Å². The molecule has 3 aliphatic rings. The highest BCUT2D eigenvalue weighted by Gasteiger charge is 2.48. The van der Waals surface area contributed by atoms with Gasteiger partial charge in [0.05, 0.1) is 0 Å². The monoisotopic (exact) mass is 612 g/mol. The van der Waals surface area contributed by atoms with Crippen LogP contribution < -0.4 is 10.2 Å². The number of carbonyl (C=O) groups excluding carboxylic acids is 2. The first-order valence-electron chi connectivity index (χ1n) is 16.9. The summed E-state index contributed by atoms with van der Waals surface area (Å²) in [4.78, 5) is 34.1. The zero-order chi connectivity index (χ0) is 31.7. The minimum Gasteiger partial charge on any atom is -0.369 e. The van der Waals surface area contributed by atoms with Crippen LogP contribution in [0.15, 0.2) is 91.0 Å². The van der Waals surface area contributed by atoms with Crippen LogP contribution in [0.2, 0.25) is 0 Å². The molecule has 7 rings (SSSR count). The number of nitrogens with one attached hydrogen (secondary N) is 1. The molecule has 0 atom stereocenters. The lowest BCUT2D eigenvalue weighted by Crippen LogP contribution is -2.47. The third kappa shape index (κ3) is 5.49. The molecular formula is C40H44N4O2. The number of nitrogens with zero attached hydrogens (tertiary/aromatic N) is 3. The maximum Gasteiger partial charge on any atom is 0.254 e. The summed E-state index contributed by atoms with van der Waals surface area (Å²) in [6, 6.07) is 31.8. The molecular weight excluding hydrogens is 568 g/mol. The Morgan fingerprint density at radius 1 is 0.804 bits per heavy atom. The number of rotatable bonds is 10. The lowest BCUT2D eigenvalue weighted by Gasteiger charge is -2.36. The second-order valence-corrected chi connectivity index (χ2v) is 13.1. The third-order valence-electron chi connectivity index (χ3n) is 10.2. The fourth-order valence-electron chi connectivity index (χ4n) is 7.92. The summed E-state index contributed by atoms with van der Waals surface area (Å²) >= 11 is 0. The van der Waals surface area contributed by atoms with Crippen molar-refractivity contribution in [3.8, 4) is 11.1 Å². The predicted molar refractivity (Wildman–Crippen MR) is 185 cm³/mol. The van der Waals surface area contributed by atoms with Crippen LogP contribution in [0, 0.1) is 6.92 Å². The molecule has 6 nitrogen and oxygen atoms in total. The van der Waals surface area contributed by atoms with Gasteiger partial charge in [-0.25, -0.2) is 0 Å². The molecule has 2 amide bonds. The van der Waals surface area contributed by atoms with Crippen molar-refractivity contribution in [1.82, 2.24) is 15.1 Å². The Kier molecular flexibility index (Phi) is 8.39. The average Bonchev–Trinajstić information content (AvgIpc) is 3.55. The topological polar surface area (TPSA) is 55.9 Å². The second kappa shape index (κ2) is 12.8. The molecule has 1 fully saturated rings. The van der Waals surface area contributed by atoms with Gasteiger partial charge in [-0.3, -0.25) is 14.5 Å². The number of hydrogen-bond donors (Lipinski definition) is 1. The number of aryl methyl sites for hydroxylation is 1. The molecule has 1 saturated heterocycles. The maximum atomic E-state index is 13.8. The number of hydrogen-bond acceptors (Lipinski definition) is 4. The number of fused-ring (bicyclic) bond motifs is 4. The van der Waals surface area contributed by atoms with Crippen LogP contribution in [0.3, 0.4) is 0 Å². The van der Waals surface area contributed by atoms with Crippen molar-refractivity contribution < 1.29 is 9.59 Å². The molecule has 2 aliphatic heterocycles. The number of benzene rings is 4. The molecule has 0 aromatic heterocycles. The minimum atomic E-state index is -0.636. The molecule has 0 spiro atoms. The van der Waals surface area contributed by atoms with E-state index in [1.807, 2.05) is 11.8 Å². The van der Waals surface area contributed by atoms with Gasteiger partial charge in [0.25, 0.3) is 5.91 Å². The molecule has 4 aromatic rings. The Morgan fingerprint density at radius 2 is 1.52 bits per heavy atom. The highest BCUT2D eigenvalue weighted by molar-refractivity contribution is 6.01. The van der Waals surface area contributed by atoms with Crippen molar-refractivity contribution in [2.24, 2.45) is 0 Å². The van der Waals surface area contributed by atoms with Gasteiger partial charge in [-0.1, -0.05) is 90.8 Å². The minimum absolute atomic E-state index is 0.118. The smallest absolute Gasteiger partial charge is 0.254 e. The highest BCUT2D eigenvalue weighted by Crippen LogP contribution is 2.51. The van der Waals surface area contributed by atoms with E-state index < -0.39 is 5.41 Å². The van der Waals surface area contributed by atoms with E-state index in [-0.39, 0.29) is 11.8 Å². The van der Waals surface area contributed by atoms with Gasteiger partial charge in [0.1, 0.15) is 5.41 Å². The van der Waals surface area contributed by atoms with E-state index in [0.29, 0.717) is 19.6 Å². The van der Waals surface area contributed by atoms with Crippen LogP contribution in [0.4, 0.5) is 5.69 Å². The highest BCUT2D eigenvalue weighted by atomic mass is 16.2. The summed E-state index contributed by atoms with van der Waals surface area (Å²) in [5.74, 6) is 0.252. The van der Waals surface area contributed by atoms with Gasteiger partial charge in [0, 0.05) is 57.1 Å². The molecule has 46 heavy (non-hydrogen) atoms. The quantitative estimate of drug-likeness (QED) is 0.207. The number of likely N-dealkylation sites (N-methyl/N-ethyl adjacent to an activating group) is 1. The summed E-state index contributed by atoms with van der Waals surface area (Å²) in [5, 5.41) is 3.18. The van der Waals surface area contributed by atoms with Crippen molar-refractivity contribution in [3.63, 3.8) is 0 Å². The zero-order valence-electron chi connectivity index (χ0n) is 27.1. The molecule has 236 valence electrons. The largest absolute Gasteiger partial charge is 0.369 e. The molecule has 0 bridgehead atoms. The predicted octanol–water partition coefficient (Wildman–Crippen LogP) is 6.55. The summed E-state index contributed by atoms with van der Waals surface area (Å²) in [7, 11) is 0. The Bertz CT molecular complexity index is 1710. The van der Waals surface area contributed by atoms with E-state index in [0.717, 1.165) is 79.9 Å². The van der Waals surface area contributed by atoms with Gasteiger partial charge in [0.2, 0.25) is 5.91 Å². The Hall–Kier alpha value is -4.42. The molecule has 6 heteroatoms. The molecule has 0 unspecified atom stereocenters. The summed E-state index contributed by atoms with van der Waals surface area (Å²) < 4.78 is 0. The first-order valence-corrected chi connectivity index (χ1v) is 16.9. The number of anilines is 1. The molecule has 2 heterocycles. The maximum absolute atomic E-state index is 13.8. The normalized spacial score (nSPS) is 16.7. The first kappa shape index (κ1) is 30.2. The number of carbonyl (C=O) groups is 2. The average molecular weight is 613 g/mol. The van der Waals surface area contributed by atoms with Crippen molar-refractivity contribution >= 4 is 17.5 Å². The summed E-state index contributed by atoms with van der Waals surface area (Å²) in [5.41, 5.74) is 9.53. The molecule has 1 N–H and O–H groups in total. The van der Waals surface area contributed by atoms with Crippen LogP contribution >= 0.6 is 0 Å². The van der Waals surface area contributed by atoms with E-state index in [2.05, 4.69) is 113 Å². The van der Waals surface area contributed by atoms with Gasteiger partial charge >= 0.3 is 0 Å². The van der Waals surface area contributed by atoms with Crippen molar-refractivity contribution in [2.45, 2.75) is 51.6 Å². The fourth-order valence-corrected chi connectivity index (χ4v) is 7.92. The number of piperazine rings is 1. The van der Waals surface area contributed by atoms with Crippen molar-refractivity contribution in [2.75, 3.05) is 44.2 Å². The Morgan fingerprint density at radius 3 is 2.22 bits per heavy atom. The van der Waals surface area contributed by atoms with E-state index in [1.54, 1.807) is 0 Å². The van der Waals surface area contributed by atoms with Crippen LogP contribution in [-0.4, -0.2) is 60.9 Å². The molecule has 0 radical (unpaired) electrons. The first-order chi connectivity index (χ1) is 22.5. The van der Waals surface area contributed by atoms with Crippen LogP contribution in [-0.2, 0) is 23.3 Å². The van der Waals surface area contributed by atoms with Gasteiger partial charge in [0.15, 0.2) is 0 Å². The van der Waals surface area contributed by atoms with E-state index >= 15 is 0 Å². The Labute approximate surface area is 273 Å².